The van der Waals surface area contributed by atoms with Crippen molar-refractivity contribution in [3.8, 4) is 11.5 Å². The van der Waals surface area contributed by atoms with Crippen molar-refractivity contribution in [2.45, 2.75) is 43.2 Å². The second-order valence-electron chi connectivity index (χ2n) is 8.91. The molecule has 2 aromatic heterocycles. The summed E-state index contributed by atoms with van der Waals surface area (Å²) in [5, 5.41) is 3.54. The molecule has 0 bridgehead atoms. The molecular formula is C27H34N4O5S. The first-order chi connectivity index (χ1) is 17.9. The quantitative estimate of drug-likeness (QED) is 0.274. The number of furan rings is 1. The van der Waals surface area contributed by atoms with E-state index in [1.54, 1.807) is 20.3 Å². The van der Waals surface area contributed by atoms with Gasteiger partial charge in [-0.1, -0.05) is 17.8 Å². The number of hydrogen-bond donors (Lipinski definition) is 1. The van der Waals surface area contributed by atoms with Crippen molar-refractivity contribution in [3.63, 3.8) is 0 Å². The van der Waals surface area contributed by atoms with Crippen LogP contribution in [0, 0.1) is 6.92 Å². The molecule has 4 rings (SSSR count). The summed E-state index contributed by atoms with van der Waals surface area (Å²) in [5.41, 5.74) is 2.04. The van der Waals surface area contributed by atoms with Gasteiger partial charge in [0.2, 0.25) is 0 Å². The lowest BCUT2D eigenvalue weighted by molar-refractivity contribution is 0.0834. The number of aryl methyl sites for hydroxylation is 1. The summed E-state index contributed by atoms with van der Waals surface area (Å²) in [6.07, 6.45) is 2.94. The van der Waals surface area contributed by atoms with Crippen LogP contribution in [0.15, 0.2) is 46.0 Å². The van der Waals surface area contributed by atoms with E-state index >= 15 is 0 Å². The van der Waals surface area contributed by atoms with Crippen molar-refractivity contribution in [3.05, 3.63) is 59.2 Å². The molecule has 1 aliphatic heterocycles. The Hall–Kier alpha value is -3.24. The van der Waals surface area contributed by atoms with E-state index in [0.717, 1.165) is 61.0 Å². The summed E-state index contributed by atoms with van der Waals surface area (Å²) >= 11 is 1.48. The largest absolute Gasteiger partial charge is 0.493 e. The second kappa shape index (κ2) is 12.8. The minimum absolute atomic E-state index is 0.0961. The van der Waals surface area contributed by atoms with E-state index in [-0.39, 0.29) is 12.0 Å². The molecule has 1 unspecified atom stereocenters. The van der Waals surface area contributed by atoms with E-state index in [4.69, 9.17) is 23.6 Å². The highest BCUT2D eigenvalue weighted by Gasteiger charge is 2.18. The molecule has 1 saturated heterocycles. The van der Waals surface area contributed by atoms with Gasteiger partial charge in [0.1, 0.15) is 11.6 Å². The van der Waals surface area contributed by atoms with Gasteiger partial charge in [-0.2, -0.15) is 0 Å². The van der Waals surface area contributed by atoms with Gasteiger partial charge in [0.15, 0.2) is 22.4 Å². The van der Waals surface area contributed by atoms with Gasteiger partial charge in [-0.05, 0) is 56.0 Å². The SMILES string of the molecule is COc1ccc(CCN(C)c2cc(C)nc(SCc3ccc(C(=O)NCC4CCCO4)o3)n2)cc1OC. The molecule has 1 amide bonds. The van der Waals surface area contributed by atoms with Gasteiger partial charge in [0.25, 0.3) is 5.91 Å². The Balaban J connectivity index is 1.31. The Morgan fingerprint density at radius 2 is 2.00 bits per heavy atom. The number of benzene rings is 1. The lowest BCUT2D eigenvalue weighted by Gasteiger charge is -2.19. The zero-order valence-corrected chi connectivity index (χ0v) is 22.6. The standard InChI is InChI=1S/C27H34N4O5S/c1-18-14-25(31(2)12-11-19-7-9-22(33-3)24(15-19)34-4)30-27(29-18)37-17-21-8-10-23(36-21)26(32)28-16-20-6-5-13-35-20/h7-10,14-15,20H,5-6,11-13,16-17H2,1-4H3,(H,28,32). The van der Waals surface area contributed by atoms with Crippen LogP contribution < -0.4 is 19.7 Å². The highest BCUT2D eigenvalue weighted by Crippen LogP contribution is 2.28. The molecule has 3 heterocycles. The molecule has 1 fully saturated rings. The lowest BCUT2D eigenvalue weighted by Crippen LogP contribution is -2.31. The highest BCUT2D eigenvalue weighted by molar-refractivity contribution is 7.98. The third-order valence-electron chi connectivity index (χ3n) is 6.14. The summed E-state index contributed by atoms with van der Waals surface area (Å²) in [7, 11) is 5.29. The summed E-state index contributed by atoms with van der Waals surface area (Å²) in [4.78, 5) is 23.8. The number of carbonyl (C=O) groups excluding carboxylic acids is 1. The van der Waals surface area contributed by atoms with Gasteiger partial charge < -0.3 is 28.8 Å². The van der Waals surface area contributed by atoms with Crippen LogP contribution in [-0.2, 0) is 16.9 Å². The van der Waals surface area contributed by atoms with Crippen molar-refractivity contribution in [1.82, 2.24) is 15.3 Å². The van der Waals surface area contributed by atoms with Gasteiger partial charge >= 0.3 is 0 Å². The first kappa shape index (κ1) is 26.8. The van der Waals surface area contributed by atoms with Crippen LogP contribution in [0.25, 0.3) is 0 Å². The molecule has 198 valence electrons. The van der Waals surface area contributed by atoms with Gasteiger partial charge in [0, 0.05) is 38.5 Å². The van der Waals surface area contributed by atoms with Crippen LogP contribution >= 0.6 is 11.8 Å². The van der Waals surface area contributed by atoms with E-state index < -0.39 is 0 Å². The first-order valence-electron chi connectivity index (χ1n) is 12.3. The topological polar surface area (TPSA) is 99.0 Å². The fourth-order valence-electron chi connectivity index (χ4n) is 4.05. The van der Waals surface area contributed by atoms with Gasteiger partial charge in [-0.25, -0.2) is 9.97 Å². The summed E-state index contributed by atoms with van der Waals surface area (Å²) in [6, 6.07) is 11.5. The van der Waals surface area contributed by atoms with Crippen LogP contribution in [0.1, 0.15) is 40.4 Å². The number of carbonyl (C=O) groups is 1. The third kappa shape index (κ3) is 7.39. The number of nitrogens with one attached hydrogen (secondary N) is 1. The molecule has 1 N–H and O–H groups in total. The van der Waals surface area contributed by atoms with Crippen LogP contribution in [0.3, 0.4) is 0 Å². The van der Waals surface area contributed by atoms with Gasteiger partial charge in [-0.15, -0.1) is 0 Å². The number of likely N-dealkylation sites (N-methyl/N-ethyl adjacent to an activating group) is 1. The third-order valence-corrected chi connectivity index (χ3v) is 7.01. The minimum atomic E-state index is -0.225. The molecule has 3 aromatic rings. The Kier molecular flexibility index (Phi) is 9.29. The first-order valence-corrected chi connectivity index (χ1v) is 13.3. The predicted octanol–water partition coefficient (Wildman–Crippen LogP) is 4.28. The van der Waals surface area contributed by atoms with Crippen molar-refractivity contribution >= 4 is 23.5 Å². The van der Waals surface area contributed by atoms with Gasteiger partial charge in [-0.3, -0.25) is 4.79 Å². The molecule has 0 radical (unpaired) electrons. The number of ether oxygens (including phenoxy) is 3. The van der Waals surface area contributed by atoms with Crippen molar-refractivity contribution < 1.29 is 23.4 Å². The Bertz CT molecular complexity index is 1200. The molecule has 9 nitrogen and oxygen atoms in total. The lowest BCUT2D eigenvalue weighted by atomic mass is 10.1. The average Bonchev–Trinajstić information content (AvgIpc) is 3.61. The molecule has 0 spiro atoms. The van der Waals surface area contributed by atoms with E-state index in [9.17, 15) is 4.79 Å². The Morgan fingerprint density at radius 1 is 1.16 bits per heavy atom. The van der Waals surface area contributed by atoms with Crippen molar-refractivity contribution in [2.75, 3.05) is 45.9 Å². The molecule has 10 heteroatoms. The monoisotopic (exact) mass is 526 g/mol. The zero-order chi connectivity index (χ0) is 26.2. The summed E-state index contributed by atoms with van der Waals surface area (Å²) in [5.74, 6) is 3.59. The number of methoxy groups -OCH3 is 2. The van der Waals surface area contributed by atoms with Crippen molar-refractivity contribution in [1.29, 1.82) is 0 Å². The van der Waals surface area contributed by atoms with Crippen LogP contribution in [0.5, 0.6) is 11.5 Å². The van der Waals surface area contributed by atoms with Crippen LogP contribution in [-0.4, -0.2) is 62.9 Å². The predicted molar refractivity (Wildman–Crippen MR) is 143 cm³/mol. The summed E-state index contributed by atoms with van der Waals surface area (Å²) in [6.45, 7) is 4.00. The number of nitrogens with zero attached hydrogens (tertiary/aromatic N) is 3. The van der Waals surface area contributed by atoms with E-state index in [2.05, 4.69) is 15.2 Å². The molecule has 0 saturated carbocycles. The Labute approximate surface area is 221 Å². The number of aromatic nitrogens is 2. The smallest absolute Gasteiger partial charge is 0.287 e. The number of hydrogen-bond acceptors (Lipinski definition) is 9. The van der Waals surface area contributed by atoms with E-state index in [1.807, 2.05) is 44.3 Å². The number of amides is 1. The van der Waals surface area contributed by atoms with Crippen molar-refractivity contribution in [2.24, 2.45) is 0 Å². The van der Waals surface area contributed by atoms with E-state index in [0.29, 0.717) is 29.0 Å². The number of rotatable bonds is 12. The second-order valence-corrected chi connectivity index (χ2v) is 9.85. The van der Waals surface area contributed by atoms with Gasteiger partial charge in [0.05, 0.1) is 26.1 Å². The summed E-state index contributed by atoms with van der Waals surface area (Å²) < 4.78 is 22.0. The fourth-order valence-corrected chi connectivity index (χ4v) is 4.84. The molecule has 0 aliphatic carbocycles. The molecule has 1 aromatic carbocycles. The molecule has 1 atom stereocenters. The molecule has 37 heavy (non-hydrogen) atoms. The van der Waals surface area contributed by atoms with Crippen LogP contribution in [0.4, 0.5) is 5.82 Å². The fraction of sp³-hybridized carbons (Fsp3) is 0.444. The maximum Gasteiger partial charge on any atom is 0.287 e. The normalized spacial score (nSPS) is 15.0. The number of thioether (sulfide) groups is 1. The highest BCUT2D eigenvalue weighted by atomic mass is 32.2. The maximum absolute atomic E-state index is 12.4. The number of anilines is 1. The zero-order valence-electron chi connectivity index (χ0n) is 21.8. The molecule has 1 aliphatic rings. The van der Waals surface area contributed by atoms with E-state index in [1.165, 1.54) is 11.8 Å². The average molecular weight is 527 g/mol. The Morgan fingerprint density at radius 3 is 2.76 bits per heavy atom. The maximum atomic E-state index is 12.4. The van der Waals surface area contributed by atoms with Crippen LogP contribution in [0.2, 0.25) is 0 Å². The molecular weight excluding hydrogens is 492 g/mol. The minimum Gasteiger partial charge on any atom is -0.493 e.